The molecular weight excluding hydrogens is 458 g/mol. The first-order valence-corrected chi connectivity index (χ1v) is 11.5. The summed E-state index contributed by atoms with van der Waals surface area (Å²) in [7, 11) is 1.61. The molecule has 0 aliphatic carbocycles. The molecule has 0 saturated carbocycles. The number of pyridine rings is 1. The van der Waals surface area contributed by atoms with Crippen molar-refractivity contribution >= 4 is 29.1 Å². The van der Waals surface area contributed by atoms with Crippen LogP contribution in [0.15, 0.2) is 84.0 Å². The van der Waals surface area contributed by atoms with E-state index < -0.39 is 36.0 Å². The Kier molecular flexibility index (Phi) is 7.50. The van der Waals surface area contributed by atoms with E-state index in [4.69, 9.17) is 0 Å². The van der Waals surface area contributed by atoms with Crippen LogP contribution in [0.1, 0.15) is 23.7 Å². The summed E-state index contributed by atoms with van der Waals surface area (Å²) in [6.07, 6.45) is -0.816. The molecule has 3 atom stereocenters. The summed E-state index contributed by atoms with van der Waals surface area (Å²) < 4.78 is 0. The molecule has 2 unspecified atom stereocenters. The van der Waals surface area contributed by atoms with Crippen LogP contribution in [0, 0.1) is 0 Å². The van der Waals surface area contributed by atoms with Gasteiger partial charge < -0.3 is 20.6 Å². The minimum Gasteiger partial charge on any atom is -0.383 e. The molecule has 2 heterocycles. The first-order chi connectivity index (χ1) is 17.3. The number of rotatable bonds is 7. The lowest BCUT2D eigenvalue weighted by molar-refractivity contribution is -0.134. The SMILES string of the molecule is C[C@H](NC(=O)C(O)Cc1ccccc1)C(=O)NC1N=C(c2ccccn2)c2ccccc2N(C)C1=O. The van der Waals surface area contributed by atoms with Gasteiger partial charge in [0, 0.05) is 25.2 Å². The van der Waals surface area contributed by atoms with Crippen LogP contribution in [0.4, 0.5) is 5.69 Å². The van der Waals surface area contributed by atoms with Gasteiger partial charge >= 0.3 is 0 Å². The molecule has 1 aliphatic rings. The van der Waals surface area contributed by atoms with Crippen LogP contribution in [0.25, 0.3) is 0 Å². The molecule has 9 heteroatoms. The van der Waals surface area contributed by atoms with E-state index in [1.54, 1.807) is 43.6 Å². The summed E-state index contributed by atoms with van der Waals surface area (Å²) in [6, 6.07) is 20.7. The number of para-hydroxylation sites is 1. The van der Waals surface area contributed by atoms with Crippen molar-refractivity contribution < 1.29 is 19.5 Å². The Labute approximate surface area is 208 Å². The molecule has 1 aliphatic heterocycles. The number of nitrogens with zero attached hydrogens (tertiary/aromatic N) is 3. The number of carbonyl (C=O) groups is 3. The fourth-order valence-corrected chi connectivity index (χ4v) is 3.89. The minimum absolute atomic E-state index is 0.114. The predicted molar refractivity (Wildman–Crippen MR) is 135 cm³/mol. The fourth-order valence-electron chi connectivity index (χ4n) is 3.89. The fraction of sp³-hybridized carbons (Fsp3) is 0.222. The normalized spacial score (nSPS) is 16.8. The highest BCUT2D eigenvalue weighted by Crippen LogP contribution is 2.26. The number of nitrogens with one attached hydrogen (secondary N) is 2. The van der Waals surface area contributed by atoms with Crippen molar-refractivity contribution in [3.63, 3.8) is 0 Å². The number of benzene rings is 2. The molecular formula is C27H27N5O4. The number of anilines is 1. The number of aliphatic hydroxyl groups is 1. The average molecular weight is 486 g/mol. The summed E-state index contributed by atoms with van der Waals surface area (Å²) in [5, 5.41) is 15.4. The van der Waals surface area contributed by atoms with Crippen LogP contribution >= 0.6 is 0 Å². The molecule has 4 rings (SSSR count). The Balaban J connectivity index is 1.51. The zero-order valence-corrected chi connectivity index (χ0v) is 20.0. The molecule has 1 aromatic heterocycles. The number of benzodiazepines with no additional fused rings is 1. The Morgan fingerprint density at radius 2 is 1.69 bits per heavy atom. The van der Waals surface area contributed by atoms with Crippen molar-refractivity contribution in [1.29, 1.82) is 0 Å². The number of hydrogen-bond donors (Lipinski definition) is 3. The van der Waals surface area contributed by atoms with Gasteiger partial charge in [-0.1, -0.05) is 54.6 Å². The number of carbonyl (C=O) groups excluding carboxylic acids is 3. The van der Waals surface area contributed by atoms with E-state index in [0.717, 1.165) is 5.56 Å². The van der Waals surface area contributed by atoms with E-state index in [-0.39, 0.29) is 6.42 Å². The number of hydrogen-bond acceptors (Lipinski definition) is 6. The van der Waals surface area contributed by atoms with Crippen molar-refractivity contribution in [2.24, 2.45) is 4.99 Å². The van der Waals surface area contributed by atoms with Gasteiger partial charge in [-0.2, -0.15) is 0 Å². The first-order valence-electron chi connectivity index (χ1n) is 11.5. The van der Waals surface area contributed by atoms with Gasteiger partial charge in [0.25, 0.3) is 5.91 Å². The Morgan fingerprint density at radius 3 is 2.42 bits per heavy atom. The van der Waals surface area contributed by atoms with Crippen LogP contribution in [0.3, 0.4) is 0 Å². The molecule has 0 radical (unpaired) electrons. The van der Waals surface area contributed by atoms with E-state index >= 15 is 0 Å². The number of aliphatic imine (C=N–C) groups is 1. The largest absolute Gasteiger partial charge is 0.383 e. The van der Waals surface area contributed by atoms with Gasteiger partial charge in [-0.25, -0.2) is 4.99 Å². The molecule has 0 bridgehead atoms. The molecule has 36 heavy (non-hydrogen) atoms. The van der Waals surface area contributed by atoms with Gasteiger partial charge in [0.05, 0.1) is 17.1 Å². The van der Waals surface area contributed by atoms with Crippen molar-refractivity contribution in [3.8, 4) is 0 Å². The molecule has 9 nitrogen and oxygen atoms in total. The second-order valence-electron chi connectivity index (χ2n) is 8.45. The lowest BCUT2D eigenvalue weighted by Gasteiger charge is -2.22. The van der Waals surface area contributed by atoms with E-state index in [1.807, 2.05) is 42.5 Å². The molecule has 184 valence electrons. The Morgan fingerprint density at radius 1 is 1.00 bits per heavy atom. The van der Waals surface area contributed by atoms with Gasteiger partial charge in [0.15, 0.2) is 0 Å². The lowest BCUT2D eigenvalue weighted by atomic mass is 10.0. The quantitative estimate of drug-likeness (QED) is 0.467. The topological polar surface area (TPSA) is 124 Å². The van der Waals surface area contributed by atoms with Gasteiger partial charge in [-0.15, -0.1) is 0 Å². The second-order valence-corrected chi connectivity index (χ2v) is 8.45. The van der Waals surface area contributed by atoms with E-state index in [1.165, 1.54) is 11.8 Å². The van der Waals surface area contributed by atoms with Gasteiger partial charge in [-0.3, -0.25) is 19.4 Å². The van der Waals surface area contributed by atoms with E-state index in [0.29, 0.717) is 22.7 Å². The summed E-state index contributed by atoms with van der Waals surface area (Å²) in [5.74, 6) is -1.74. The van der Waals surface area contributed by atoms with Crippen molar-refractivity contribution in [3.05, 3.63) is 95.8 Å². The number of aliphatic hydroxyl groups excluding tert-OH is 1. The van der Waals surface area contributed by atoms with Crippen LogP contribution in [-0.4, -0.2) is 58.9 Å². The van der Waals surface area contributed by atoms with Crippen molar-refractivity contribution in [1.82, 2.24) is 15.6 Å². The van der Waals surface area contributed by atoms with Crippen molar-refractivity contribution in [2.45, 2.75) is 31.7 Å². The van der Waals surface area contributed by atoms with Crippen LogP contribution in [-0.2, 0) is 20.8 Å². The standard InChI is InChI=1S/C27H27N5O4/c1-17(29-26(35)22(33)16-18-10-4-3-5-11-18)25(34)31-24-27(36)32(2)21-14-7-6-12-19(21)23(30-24)20-13-8-9-15-28-20/h3-15,17,22,24,33H,16H2,1-2H3,(H,29,35)(H,31,34)/t17-,22?,24?/m0/s1. The summed E-state index contributed by atoms with van der Waals surface area (Å²) >= 11 is 0. The zero-order chi connectivity index (χ0) is 25.7. The van der Waals surface area contributed by atoms with Gasteiger partial charge in [-0.05, 0) is 30.7 Å². The third-order valence-corrected chi connectivity index (χ3v) is 5.86. The third kappa shape index (κ3) is 5.47. The lowest BCUT2D eigenvalue weighted by Crippen LogP contribution is -2.53. The maximum atomic E-state index is 13.2. The number of aromatic nitrogens is 1. The molecule has 0 saturated heterocycles. The highest BCUT2D eigenvalue weighted by Gasteiger charge is 2.32. The maximum Gasteiger partial charge on any atom is 0.272 e. The predicted octanol–water partition coefficient (Wildman–Crippen LogP) is 1.45. The summed E-state index contributed by atoms with van der Waals surface area (Å²) in [4.78, 5) is 49.0. The first kappa shape index (κ1) is 24.7. The number of amides is 3. The minimum atomic E-state index is -1.32. The highest BCUT2D eigenvalue weighted by atomic mass is 16.3. The second kappa shape index (κ2) is 10.9. The summed E-state index contributed by atoms with van der Waals surface area (Å²) in [5.41, 5.74) is 3.14. The zero-order valence-electron chi connectivity index (χ0n) is 20.0. The Bertz CT molecular complexity index is 1280. The molecule has 0 spiro atoms. The van der Waals surface area contributed by atoms with E-state index in [2.05, 4.69) is 20.6 Å². The highest BCUT2D eigenvalue weighted by molar-refractivity contribution is 6.19. The number of fused-ring (bicyclic) bond motifs is 1. The molecule has 0 fully saturated rings. The van der Waals surface area contributed by atoms with Crippen LogP contribution < -0.4 is 15.5 Å². The third-order valence-electron chi connectivity index (χ3n) is 5.86. The number of likely N-dealkylation sites (N-methyl/N-ethyl adjacent to an activating group) is 1. The molecule has 3 amide bonds. The van der Waals surface area contributed by atoms with Crippen LogP contribution in [0.2, 0.25) is 0 Å². The Hall–Kier alpha value is -4.37. The van der Waals surface area contributed by atoms with Gasteiger partial charge in [0.1, 0.15) is 12.1 Å². The van der Waals surface area contributed by atoms with E-state index in [9.17, 15) is 19.5 Å². The summed E-state index contributed by atoms with van der Waals surface area (Å²) in [6.45, 7) is 1.48. The van der Waals surface area contributed by atoms with Gasteiger partial charge in [0.2, 0.25) is 18.0 Å². The molecule has 3 N–H and O–H groups in total. The van der Waals surface area contributed by atoms with Crippen LogP contribution in [0.5, 0.6) is 0 Å². The monoisotopic (exact) mass is 485 g/mol. The van der Waals surface area contributed by atoms with Crippen molar-refractivity contribution in [2.75, 3.05) is 11.9 Å². The molecule has 2 aromatic carbocycles. The maximum absolute atomic E-state index is 13.2. The smallest absolute Gasteiger partial charge is 0.272 e. The molecule has 3 aromatic rings. The average Bonchev–Trinajstić information content (AvgIpc) is 3.00.